The molecule has 0 saturated carbocycles. The van der Waals surface area contributed by atoms with E-state index in [4.69, 9.17) is 4.74 Å². The van der Waals surface area contributed by atoms with Crippen molar-refractivity contribution >= 4 is 27.8 Å². The first-order valence-corrected chi connectivity index (χ1v) is 8.41. The van der Waals surface area contributed by atoms with Crippen LogP contribution in [0, 0.1) is 0 Å². The van der Waals surface area contributed by atoms with Crippen LogP contribution in [0.3, 0.4) is 0 Å². The van der Waals surface area contributed by atoms with Gasteiger partial charge in [-0.1, -0.05) is 18.2 Å². The number of amides is 1. The van der Waals surface area contributed by atoms with E-state index >= 15 is 0 Å². The number of carbonyl (C=O) groups excluding carboxylic acids is 1. The molecule has 0 radical (unpaired) electrons. The van der Waals surface area contributed by atoms with Gasteiger partial charge in [-0.25, -0.2) is 0 Å². The first-order valence-electron chi connectivity index (χ1n) is 8.41. The van der Waals surface area contributed by atoms with Gasteiger partial charge in [-0.05, 0) is 32.4 Å². The van der Waals surface area contributed by atoms with Gasteiger partial charge in [-0.15, -0.1) is 0 Å². The number of carbonyl (C=O) groups is 1. The standard InChI is InChI=1S/C19H25N3O2/c1-13(2)22-15-9-6-5-8-14(15)18-16(22)12-17(21(18)3)19(23)20-10-7-11-24-4/h5-6,8-9,12-13H,7,10-11H2,1-4H3,(H,20,23). The van der Waals surface area contributed by atoms with Crippen molar-refractivity contribution in [3.8, 4) is 0 Å². The minimum absolute atomic E-state index is 0.0378. The molecule has 0 saturated heterocycles. The van der Waals surface area contributed by atoms with Crippen LogP contribution in [0.15, 0.2) is 30.3 Å². The van der Waals surface area contributed by atoms with E-state index < -0.39 is 0 Å². The quantitative estimate of drug-likeness (QED) is 0.705. The van der Waals surface area contributed by atoms with Gasteiger partial charge in [0.2, 0.25) is 0 Å². The number of fused-ring (bicyclic) bond motifs is 3. The van der Waals surface area contributed by atoms with Crippen LogP contribution in [-0.2, 0) is 11.8 Å². The number of hydrogen-bond acceptors (Lipinski definition) is 2. The fourth-order valence-corrected chi connectivity index (χ4v) is 3.39. The molecule has 0 aliphatic carbocycles. The SMILES string of the molecule is COCCCNC(=O)c1cc2c(c3ccccc3n2C(C)C)n1C. The number of para-hydroxylation sites is 1. The molecule has 0 bridgehead atoms. The van der Waals surface area contributed by atoms with Crippen LogP contribution in [-0.4, -0.2) is 35.3 Å². The fourth-order valence-electron chi connectivity index (χ4n) is 3.39. The summed E-state index contributed by atoms with van der Waals surface area (Å²) < 4.78 is 9.32. The zero-order valence-corrected chi connectivity index (χ0v) is 14.8. The van der Waals surface area contributed by atoms with E-state index in [0.29, 0.717) is 24.9 Å². The molecule has 5 heteroatoms. The van der Waals surface area contributed by atoms with Crippen molar-refractivity contribution in [2.75, 3.05) is 20.3 Å². The molecule has 3 rings (SSSR count). The third-order valence-corrected chi connectivity index (χ3v) is 4.45. The molecule has 1 N–H and O–H groups in total. The van der Waals surface area contributed by atoms with Crippen LogP contribution < -0.4 is 5.32 Å². The summed E-state index contributed by atoms with van der Waals surface area (Å²) in [7, 11) is 3.63. The van der Waals surface area contributed by atoms with Gasteiger partial charge in [-0.2, -0.15) is 0 Å². The molecule has 1 amide bonds. The van der Waals surface area contributed by atoms with Crippen LogP contribution in [0.5, 0.6) is 0 Å². The van der Waals surface area contributed by atoms with Crippen LogP contribution in [0.1, 0.15) is 36.8 Å². The van der Waals surface area contributed by atoms with Gasteiger partial charge in [0.1, 0.15) is 5.69 Å². The Morgan fingerprint density at radius 2 is 2.00 bits per heavy atom. The van der Waals surface area contributed by atoms with E-state index in [-0.39, 0.29) is 5.91 Å². The molecule has 0 aliphatic heterocycles. The van der Waals surface area contributed by atoms with Crippen LogP contribution in [0.25, 0.3) is 21.9 Å². The number of benzene rings is 1. The van der Waals surface area contributed by atoms with Crippen molar-refractivity contribution in [3.05, 3.63) is 36.0 Å². The summed E-state index contributed by atoms with van der Waals surface area (Å²) in [5.41, 5.74) is 4.12. The second kappa shape index (κ2) is 6.69. The molecular formula is C19H25N3O2. The molecule has 24 heavy (non-hydrogen) atoms. The smallest absolute Gasteiger partial charge is 0.267 e. The first kappa shape index (κ1) is 16.6. The summed E-state index contributed by atoms with van der Waals surface area (Å²) in [6, 6.07) is 10.7. The lowest BCUT2D eigenvalue weighted by molar-refractivity contribution is 0.0941. The van der Waals surface area contributed by atoms with Gasteiger partial charge in [0.25, 0.3) is 5.91 Å². The van der Waals surface area contributed by atoms with E-state index in [9.17, 15) is 4.79 Å². The van der Waals surface area contributed by atoms with Gasteiger partial charge in [-0.3, -0.25) is 4.79 Å². The Bertz CT molecular complexity index is 874. The molecule has 3 aromatic rings. The third kappa shape index (κ3) is 2.69. The largest absolute Gasteiger partial charge is 0.385 e. The predicted molar refractivity (Wildman–Crippen MR) is 97.6 cm³/mol. The highest BCUT2D eigenvalue weighted by atomic mass is 16.5. The fraction of sp³-hybridized carbons (Fsp3) is 0.421. The highest BCUT2D eigenvalue weighted by Crippen LogP contribution is 2.33. The number of nitrogens with zero attached hydrogens (tertiary/aromatic N) is 2. The summed E-state index contributed by atoms with van der Waals surface area (Å²) in [5, 5.41) is 4.16. The summed E-state index contributed by atoms with van der Waals surface area (Å²) in [6.45, 7) is 5.61. The minimum atomic E-state index is -0.0378. The Balaban J connectivity index is 2.04. The van der Waals surface area contributed by atoms with Gasteiger partial charge in [0.05, 0.1) is 16.6 Å². The topological polar surface area (TPSA) is 48.2 Å². The van der Waals surface area contributed by atoms with Crippen molar-refractivity contribution in [1.29, 1.82) is 0 Å². The van der Waals surface area contributed by atoms with Gasteiger partial charge in [0, 0.05) is 38.7 Å². The van der Waals surface area contributed by atoms with E-state index in [1.807, 2.05) is 23.7 Å². The number of rotatable bonds is 6. The summed E-state index contributed by atoms with van der Waals surface area (Å²) in [4.78, 5) is 12.5. The maximum Gasteiger partial charge on any atom is 0.267 e. The molecule has 5 nitrogen and oxygen atoms in total. The summed E-state index contributed by atoms with van der Waals surface area (Å²) in [6.07, 6.45) is 0.813. The van der Waals surface area contributed by atoms with Crippen LogP contribution >= 0.6 is 0 Å². The van der Waals surface area contributed by atoms with Crippen LogP contribution in [0.2, 0.25) is 0 Å². The molecule has 128 valence electrons. The van der Waals surface area contributed by atoms with E-state index in [0.717, 1.165) is 17.5 Å². The van der Waals surface area contributed by atoms with Crippen molar-refractivity contribution in [3.63, 3.8) is 0 Å². The second-order valence-electron chi connectivity index (χ2n) is 6.41. The normalized spacial score (nSPS) is 11.7. The molecular weight excluding hydrogens is 302 g/mol. The Hall–Kier alpha value is -2.27. The molecule has 2 heterocycles. The Kier molecular flexibility index (Phi) is 4.62. The summed E-state index contributed by atoms with van der Waals surface area (Å²) >= 11 is 0. The average molecular weight is 327 g/mol. The van der Waals surface area contributed by atoms with E-state index in [2.05, 4.69) is 41.9 Å². The predicted octanol–water partition coefficient (Wildman–Crippen LogP) is 3.48. The lowest BCUT2D eigenvalue weighted by atomic mass is 10.2. The second-order valence-corrected chi connectivity index (χ2v) is 6.41. The maximum absolute atomic E-state index is 12.5. The Labute approximate surface area is 142 Å². The molecule has 0 aliphatic rings. The highest BCUT2D eigenvalue weighted by Gasteiger charge is 2.20. The van der Waals surface area contributed by atoms with E-state index in [1.165, 1.54) is 10.9 Å². The van der Waals surface area contributed by atoms with Crippen molar-refractivity contribution in [1.82, 2.24) is 14.5 Å². The zero-order chi connectivity index (χ0) is 17.3. The first-order chi connectivity index (χ1) is 11.6. The Morgan fingerprint density at radius 3 is 2.71 bits per heavy atom. The van der Waals surface area contributed by atoms with Gasteiger partial charge >= 0.3 is 0 Å². The average Bonchev–Trinajstić information content (AvgIpc) is 3.06. The lowest BCUT2D eigenvalue weighted by Crippen LogP contribution is -2.26. The van der Waals surface area contributed by atoms with Crippen molar-refractivity contribution in [2.45, 2.75) is 26.3 Å². The van der Waals surface area contributed by atoms with Crippen molar-refractivity contribution < 1.29 is 9.53 Å². The number of aryl methyl sites for hydroxylation is 1. The lowest BCUT2D eigenvalue weighted by Gasteiger charge is -2.10. The highest BCUT2D eigenvalue weighted by molar-refractivity contribution is 6.10. The molecule has 2 aromatic heterocycles. The Morgan fingerprint density at radius 1 is 1.25 bits per heavy atom. The molecule has 0 unspecified atom stereocenters. The zero-order valence-electron chi connectivity index (χ0n) is 14.8. The number of hydrogen-bond donors (Lipinski definition) is 1. The number of nitrogens with one attached hydrogen (secondary N) is 1. The third-order valence-electron chi connectivity index (χ3n) is 4.45. The van der Waals surface area contributed by atoms with Crippen LogP contribution in [0.4, 0.5) is 0 Å². The monoisotopic (exact) mass is 327 g/mol. The maximum atomic E-state index is 12.5. The van der Waals surface area contributed by atoms with E-state index in [1.54, 1.807) is 7.11 Å². The van der Waals surface area contributed by atoms with Crippen molar-refractivity contribution in [2.24, 2.45) is 7.05 Å². The number of aromatic nitrogens is 2. The molecule has 0 atom stereocenters. The molecule has 0 spiro atoms. The molecule has 1 aromatic carbocycles. The number of ether oxygens (including phenoxy) is 1. The minimum Gasteiger partial charge on any atom is -0.385 e. The van der Waals surface area contributed by atoms with Gasteiger partial charge < -0.3 is 19.2 Å². The molecule has 0 fully saturated rings. The van der Waals surface area contributed by atoms with Gasteiger partial charge in [0.15, 0.2) is 0 Å². The summed E-state index contributed by atoms with van der Waals surface area (Å²) in [5.74, 6) is -0.0378. The number of methoxy groups -OCH3 is 1.